The number of rotatable bonds is 4. The predicted octanol–water partition coefficient (Wildman–Crippen LogP) is 1.22. The SMILES string of the molecule is CN=C(NCC(C)(C)N1CCOCC1)NC1C2CCOC2C12CCC2. The van der Waals surface area contributed by atoms with Crippen LogP contribution in [-0.4, -0.2) is 75.0 Å². The smallest absolute Gasteiger partial charge is 0.191 e. The monoisotopic (exact) mass is 350 g/mol. The number of ether oxygens (including phenoxy) is 2. The number of hydrogen-bond acceptors (Lipinski definition) is 4. The number of guanidine groups is 1. The second-order valence-electron chi connectivity index (χ2n) is 8.79. The van der Waals surface area contributed by atoms with Crippen LogP contribution in [-0.2, 0) is 9.47 Å². The van der Waals surface area contributed by atoms with Gasteiger partial charge in [-0.2, -0.15) is 0 Å². The van der Waals surface area contributed by atoms with Crippen molar-refractivity contribution in [3.63, 3.8) is 0 Å². The summed E-state index contributed by atoms with van der Waals surface area (Å²) in [6.07, 6.45) is 5.66. The Morgan fingerprint density at radius 2 is 2.00 bits per heavy atom. The summed E-state index contributed by atoms with van der Waals surface area (Å²) in [5.41, 5.74) is 0.479. The lowest BCUT2D eigenvalue weighted by Crippen LogP contribution is -2.72. The Labute approximate surface area is 151 Å². The van der Waals surface area contributed by atoms with Crippen LogP contribution in [0.3, 0.4) is 0 Å². The van der Waals surface area contributed by atoms with E-state index < -0.39 is 0 Å². The minimum atomic E-state index is 0.0914. The molecule has 2 aliphatic carbocycles. The first-order chi connectivity index (χ1) is 12.1. The molecule has 142 valence electrons. The van der Waals surface area contributed by atoms with Gasteiger partial charge in [-0.3, -0.25) is 9.89 Å². The lowest BCUT2D eigenvalue weighted by atomic mass is 9.46. The number of aliphatic imine (C=N–C) groups is 1. The first kappa shape index (κ1) is 17.6. The Hall–Kier alpha value is -0.850. The number of nitrogens with one attached hydrogen (secondary N) is 2. The fourth-order valence-electron chi connectivity index (χ4n) is 5.38. The first-order valence-corrected chi connectivity index (χ1v) is 9.98. The van der Waals surface area contributed by atoms with Crippen LogP contribution in [0.25, 0.3) is 0 Å². The van der Waals surface area contributed by atoms with Gasteiger partial charge in [0.05, 0.1) is 19.3 Å². The molecule has 2 heterocycles. The topological polar surface area (TPSA) is 58.1 Å². The van der Waals surface area contributed by atoms with E-state index in [1.165, 1.54) is 25.7 Å². The molecule has 0 aromatic rings. The third-order valence-electron chi connectivity index (χ3n) is 7.11. The fourth-order valence-corrected chi connectivity index (χ4v) is 5.38. The van der Waals surface area contributed by atoms with E-state index in [1.807, 2.05) is 7.05 Å². The molecule has 0 radical (unpaired) electrons. The summed E-state index contributed by atoms with van der Waals surface area (Å²) in [6, 6.07) is 0.534. The van der Waals surface area contributed by atoms with E-state index in [2.05, 4.69) is 34.4 Å². The molecule has 0 aromatic carbocycles. The van der Waals surface area contributed by atoms with Gasteiger partial charge in [0.15, 0.2) is 5.96 Å². The van der Waals surface area contributed by atoms with Crippen molar-refractivity contribution in [2.75, 3.05) is 46.5 Å². The van der Waals surface area contributed by atoms with Crippen LogP contribution in [0, 0.1) is 11.3 Å². The van der Waals surface area contributed by atoms with Crippen LogP contribution in [0.1, 0.15) is 39.5 Å². The van der Waals surface area contributed by atoms with Crippen molar-refractivity contribution in [2.45, 2.75) is 57.2 Å². The van der Waals surface area contributed by atoms with Crippen molar-refractivity contribution >= 4 is 5.96 Å². The second kappa shape index (κ2) is 6.71. The quantitative estimate of drug-likeness (QED) is 0.590. The van der Waals surface area contributed by atoms with Crippen molar-refractivity contribution in [1.29, 1.82) is 0 Å². The largest absolute Gasteiger partial charge is 0.379 e. The molecule has 2 aliphatic heterocycles. The minimum Gasteiger partial charge on any atom is -0.379 e. The third-order valence-corrected chi connectivity index (χ3v) is 7.11. The molecule has 4 aliphatic rings. The average molecular weight is 351 g/mol. The standard InChI is InChI=1S/C19H34N4O2/c1-18(2,23-8-11-24-12-9-23)13-21-17(20-3)22-15-14-5-10-25-16(14)19(15)6-4-7-19/h14-16H,4-13H2,1-3H3,(H2,20,21,22). The van der Waals surface area contributed by atoms with Gasteiger partial charge in [-0.25, -0.2) is 0 Å². The van der Waals surface area contributed by atoms with E-state index >= 15 is 0 Å². The lowest BCUT2D eigenvalue weighted by Gasteiger charge is -2.63. The molecule has 3 unspecified atom stereocenters. The summed E-state index contributed by atoms with van der Waals surface area (Å²) in [7, 11) is 1.88. The number of morpholine rings is 1. The zero-order valence-electron chi connectivity index (χ0n) is 16.0. The molecular weight excluding hydrogens is 316 g/mol. The van der Waals surface area contributed by atoms with Crippen LogP contribution >= 0.6 is 0 Å². The van der Waals surface area contributed by atoms with E-state index in [1.54, 1.807) is 0 Å². The van der Waals surface area contributed by atoms with Crippen molar-refractivity contribution in [1.82, 2.24) is 15.5 Å². The van der Waals surface area contributed by atoms with E-state index in [9.17, 15) is 0 Å². The summed E-state index contributed by atoms with van der Waals surface area (Å²) >= 11 is 0. The summed E-state index contributed by atoms with van der Waals surface area (Å²) in [6.45, 7) is 10.1. The maximum Gasteiger partial charge on any atom is 0.191 e. The third kappa shape index (κ3) is 2.96. The summed E-state index contributed by atoms with van der Waals surface area (Å²) in [5, 5.41) is 7.35. The predicted molar refractivity (Wildman–Crippen MR) is 98.9 cm³/mol. The summed E-state index contributed by atoms with van der Waals surface area (Å²) < 4.78 is 11.5. The molecule has 0 aromatic heterocycles. The van der Waals surface area contributed by atoms with Gasteiger partial charge in [-0.1, -0.05) is 6.42 Å². The maximum atomic E-state index is 6.03. The van der Waals surface area contributed by atoms with Gasteiger partial charge in [-0.05, 0) is 33.1 Å². The highest BCUT2D eigenvalue weighted by atomic mass is 16.5. The van der Waals surface area contributed by atoms with Gasteiger partial charge in [0.2, 0.25) is 0 Å². The first-order valence-electron chi connectivity index (χ1n) is 9.98. The van der Waals surface area contributed by atoms with Crippen LogP contribution in [0.2, 0.25) is 0 Å². The summed E-state index contributed by atoms with van der Waals surface area (Å²) in [5.74, 6) is 1.62. The van der Waals surface area contributed by atoms with Crippen molar-refractivity contribution < 1.29 is 9.47 Å². The second-order valence-corrected chi connectivity index (χ2v) is 8.79. The summed E-state index contributed by atoms with van der Waals surface area (Å²) in [4.78, 5) is 7.01. The van der Waals surface area contributed by atoms with E-state index in [0.29, 0.717) is 23.5 Å². The Balaban J connectivity index is 1.33. The van der Waals surface area contributed by atoms with Gasteiger partial charge in [0, 0.05) is 56.2 Å². The van der Waals surface area contributed by atoms with Crippen LogP contribution < -0.4 is 10.6 Å². The van der Waals surface area contributed by atoms with Gasteiger partial charge in [0.25, 0.3) is 0 Å². The zero-order valence-corrected chi connectivity index (χ0v) is 16.0. The Morgan fingerprint density at radius 1 is 1.24 bits per heavy atom. The molecule has 3 atom stereocenters. The minimum absolute atomic E-state index is 0.0914. The fraction of sp³-hybridized carbons (Fsp3) is 0.947. The maximum absolute atomic E-state index is 6.03. The number of fused-ring (bicyclic) bond motifs is 2. The highest BCUT2D eigenvalue weighted by Crippen LogP contribution is 2.62. The molecule has 2 N–H and O–H groups in total. The molecule has 6 heteroatoms. The number of nitrogens with zero attached hydrogens (tertiary/aromatic N) is 2. The Kier molecular flexibility index (Phi) is 4.71. The molecule has 0 bridgehead atoms. The molecule has 0 amide bonds. The van der Waals surface area contributed by atoms with Crippen LogP contribution in [0.4, 0.5) is 0 Å². The van der Waals surface area contributed by atoms with E-state index in [0.717, 1.165) is 45.4 Å². The molecule has 4 fully saturated rings. The average Bonchev–Trinajstić information content (AvgIpc) is 2.99. The molecular formula is C19H34N4O2. The molecule has 4 rings (SSSR count). The van der Waals surface area contributed by atoms with Crippen LogP contribution in [0.5, 0.6) is 0 Å². The lowest BCUT2D eigenvalue weighted by molar-refractivity contribution is -0.171. The highest BCUT2D eigenvalue weighted by molar-refractivity contribution is 5.80. The van der Waals surface area contributed by atoms with E-state index in [-0.39, 0.29) is 5.54 Å². The van der Waals surface area contributed by atoms with Gasteiger partial charge < -0.3 is 20.1 Å². The normalized spacial score (nSPS) is 35.0. The molecule has 2 saturated heterocycles. The van der Waals surface area contributed by atoms with Crippen LogP contribution in [0.15, 0.2) is 4.99 Å². The highest BCUT2D eigenvalue weighted by Gasteiger charge is 2.66. The zero-order chi connectivity index (χ0) is 17.5. The van der Waals surface area contributed by atoms with Crippen molar-refractivity contribution in [3.05, 3.63) is 0 Å². The van der Waals surface area contributed by atoms with Gasteiger partial charge >= 0.3 is 0 Å². The number of hydrogen-bond donors (Lipinski definition) is 2. The molecule has 6 nitrogen and oxygen atoms in total. The molecule has 1 spiro atoms. The Bertz CT molecular complexity index is 512. The Morgan fingerprint density at radius 3 is 2.64 bits per heavy atom. The molecule has 2 saturated carbocycles. The van der Waals surface area contributed by atoms with Gasteiger partial charge in [-0.15, -0.1) is 0 Å². The van der Waals surface area contributed by atoms with Crippen molar-refractivity contribution in [2.24, 2.45) is 16.3 Å². The van der Waals surface area contributed by atoms with E-state index in [4.69, 9.17) is 9.47 Å². The van der Waals surface area contributed by atoms with Crippen molar-refractivity contribution in [3.8, 4) is 0 Å². The molecule has 25 heavy (non-hydrogen) atoms. The van der Waals surface area contributed by atoms with Gasteiger partial charge in [0.1, 0.15) is 0 Å².